The van der Waals surface area contributed by atoms with E-state index in [0.717, 1.165) is 24.3 Å². The number of hydrogen-bond donors (Lipinski definition) is 1. The maximum absolute atomic E-state index is 12.5. The number of nitrogen functional groups attached to an aromatic ring is 1. The van der Waals surface area contributed by atoms with E-state index in [4.69, 9.17) is 5.73 Å². The van der Waals surface area contributed by atoms with Gasteiger partial charge in [0, 0.05) is 18.8 Å². The van der Waals surface area contributed by atoms with Crippen molar-refractivity contribution in [1.29, 1.82) is 0 Å². The average molecular weight is 286 g/mol. The van der Waals surface area contributed by atoms with Gasteiger partial charge in [-0.25, -0.2) is 0 Å². The van der Waals surface area contributed by atoms with Crippen molar-refractivity contribution in [3.8, 4) is 0 Å². The predicted octanol–water partition coefficient (Wildman–Crippen LogP) is 3.38. The van der Waals surface area contributed by atoms with Crippen LogP contribution in [-0.4, -0.2) is 23.9 Å². The third-order valence-corrected chi connectivity index (χ3v) is 5.49. The van der Waals surface area contributed by atoms with Gasteiger partial charge < -0.3 is 10.6 Å². The lowest BCUT2D eigenvalue weighted by molar-refractivity contribution is -0.133. The molecule has 3 rings (SSSR count). The second-order valence-electron chi connectivity index (χ2n) is 6.82. The molecule has 0 bridgehead atoms. The van der Waals surface area contributed by atoms with Crippen molar-refractivity contribution in [2.45, 2.75) is 51.4 Å². The highest BCUT2D eigenvalue weighted by Gasteiger charge is 2.36. The van der Waals surface area contributed by atoms with Gasteiger partial charge in [0.25, 0.3) is 0 Å². The summed E-state index contributed by atoms with van der Waals surface area (Å²) in [5, 5.41) is 0. The Bertz CT molecular complexity index is 496. The number of carbonyl (C=O) groups excluding carboxylic acids is 1. The lowest BCUT2D eigenvalue weighted by Gasteiger charge is -2.44. The summed E-state index contributed by atoms with van der Waals surface area (Å²) in [5.41, 5.74) is 8.18. The van der Waals surface area contributed by atoms with Crippen LogP contribution in [0.1, 0.15) is 50.5 Å². The first kappa shape index (κ1) is 14.4. The van der Waals surface area contributed by atoms with Crippen molar-refractivity contribution < 1.29 is 4.79 Å². The summed E-state index contributed by atoms with van der Waals surface area (Å²) >= 11 is 0. The number of nitrogens with two attached hydrogens (primary N) is 1. The molecule has 1 heterocycles. The third kappa shape index (κ3) is 3.22. The minimum Gasteiger partial charge on any atom is -0.398 e. The van der Waals surface area contributed by atoms with E-state index in [-0.39, 0.29) is 5.91 Å². The van der Waals surface area contributed by atoms with E-state index < -0.39 is 0 Å². The highest BCUT2D eigenvalue weighted by molar-refractivity contribution is 5.80. The summed E-state index contributed by atoms with van der Waals surface area (Å²) in [6, 6.07) is 7.69. The largest absolute Gasteiger partial charge is 0.398 e. The van der Waals surface area contributed by atoms with Gasteiger partial charge in [-0.05, 0) is 42.7 Å². The zero-order valence-corrected chi connectivity index (χ0v) is 12.8. The number of piperidine rings is 1. The highest BCUT2D eigenvalue weighted by Crippen LogP contribution is 2.44. The Kier molecular flexibility index (Phi) is 4.18. The molecular weight excluding hydrogens is 260 g/mol. The van der Waals surface area contributed by atoms with Gasteiger partial charge in [-0.2, -0.15) is 0 Å². The Morgan fingerprint density at radius 3 is 2.38 bits per heavy atom. The summed E-state index contributed by atoms with van der Waals surface area (Å²) in [6.07, 6.45) is 9.76. The average Bonchev–Trinajstić information content (AvgIpc) is 2.51. The van der Waals surface area contributed by atoms with Crippen LogP contribution in [0.2, 0.25) is 0 Å². The third-order valence-electron chi connectivity index (χ3n) is 5.49. The first-order chi connectivity index (χ1) is 10.2. The normalized spacial score (nSPS) is 21.4. The molecule has 1 aliphatic heterocycles. The molecule has 1 aromatic rings. The van der Waals surface area contributed by atoms with Gasteiger partial charge in [0.05, 0.1) is 6.42 Å². The summed E-state index contributed by atoms with van der Waals surface area (Å²) in [6.45, 7) is 1.87. The molecule has 1 saturated heterocycles. The van der Waals surface area contributed by atoms with Gasteiger partial charge in [0.1, 0.15) is 0 Å². The molecule has 1 spiro atoms. The Morgan fingerprint density at radius 1 is 1.05 bits per heavy atom. The van der Waals surface area contributed by atoms with Crippen LogP contribution in [0.3, 0.4) is 0 Å². The molecule has 2 aliphatic rings. The Morgan fingerprint density at radius 2 is 1.71 bits per heavy atom. The molecule has 1 amide bonds. The van der Waals surface area contributed by atoms with E-state index in [1.165, 1.54) is 44.9 Å². The summed E-state index contributed by atoms with van der Waals surface area (Å²) in [7, 11) is 0. The van der Waals surface area contributed by atoms with Gasteiger partial charge >= 0.3 is 0 Å². The van der Waals surface area contributed by atoms with Crippen molar-refractivity contribution >= 4 is 11.6 Å². The first-order valence-electron chi connectivity index (χ1n) is 8.30. The van der Waals surface area contributed by atoms with Crippen LogP contribution in [-0.2, 0) is 11.2 Å². The van der Waals surface area contributed by atoms with Crippen LogP contribution in [0.4, 0.5) is 5.69 Å². The maximum atomic E-state index is 12.5. The molecule has 3 nitrogen and oxygen atoms in total. The molecule has 3 heteroatoms. The number of nitrogens with zero attached hydrogens (tertiary/aromatic N) is 1. The molecule has 21 heavy (non-hydrogen) atoms. The Balaban J connectivity index is 1.57. The molecule has 1 aliphatic carbocycles. The topological polar surface area (TPSA) is 46.3 Å². The van der Waals surface area contributed by atoms with Crippen molar-refractivity contribution in [3.05, 3.63) is 29.8 Å². The quantitative estimate of drug-likeness (QED) is 0.847. The van der Waals surface area contributed by atoms with E-state index >= 15 is 0 Å². The lowest BCUT2D eigenvalue weighted by atomic mass is 9.68. The van der Waals surface area contributed by atoms with Crippen LogP contribution in [0.5, 0.6) is 0 Å². The SMILES string of the molecule is Nc1ccccc1CC(=O)N1CCC2(CCCCC2)CC1. The minimum atomic E-state index is 0.235. The number of likely N-dealkylation sites (tertiary alicyclic amines) is 1. The van der Waals surface area contributed by atoms with E-state index in [1.807, 2.05) is 29.2 Å². The second-order valence-corrected chi connectivity index (χ2v) is 6.82. The number of amides is 1. The number of para-hydroxylation sites is 1. The fraction of sp³-hybridized carbons (Fsp3) is 0.611. The van der Waals surface area contributed by atoms with Gasteiger partial charge in [-0.1, -0.05) is 37.5 Å². The molecule has 0 aromatic heterocycles. The van der Waals surface area contributed by atoms with E-state index in [2.05, 4.69) is 0 Å². The van der Waals surface area contributed by atoms with Crippen molar-refractivity contribution in [2.24, 2.45) is 5.41 Å². The van der Waals surface area contributed by atoms with Crippen LogP contribution < -0.4 is 5.73 Å². The predicted molar refractivity (Wildman–Crippen MR) is 85.9 cm³/mol. The fourth-order valence-electron chi connectivity index (χ4n) is 4.00. The number of anilines is 1. The van der Waals surface area contributed by atoms with Gasteiger partial charge in [0.15, 0.2) is 0 Å². The summed E-state index contributed by atoms with van der Waals surface area (Å²) < 4.78 is 0. The van der Waals surface area contributed by atoms with Gasteiger partial charge in [-0.15, -0.1) is 0 Å². The van der Waals surface area contributed by atoms with Crippen molar-refractivity contribution in [2.75, 3.05) is 18.8 Å². The monoisotopic (exact) mass is 286 g/mol. The molecule has 0 atom stereocenters. The van der Waals surface area contributed by atoms with Crippen LogP contribution in [0.15, 0.2) is 24.3 Å². The van der Waals surface area contributed by atoms with Crippen molar-refractivity contribution in [1.82, 2.24) is 4.90 Å². The molecule has 0 radical (unpaired) electrons. The van der Waals surface area contributed by atoms with Gasteiger partial charge in [-0.3, -0.25) is 4.79 Å². The molecule has 1 saturated carbocycles. The molecule has 114 valence electrons. The molecule has 1 aromatic carbocycles. The second kappa shape index (κ2) is 6.08. The minimum absolute atomic E-state index is 0.235. The number of carbonyl (C=O) groups is 1. The van der Waals surface area contributed by atoms with Crippen LogP contribution in [0, 0.1) is 5.41 Å². The fourth-order valence-corrected chi connectivity index (χ4v) is 4.00. The first-order valence-corrected chi connectivity index (χ1v) is 8.30. The standard InChI is InChI=1S/C18H26N2O/c19-16-7-3-2-6-15(16)14-17(21)20-12-10-18(11-13-20)8-4-1-5-9-18/h2-3,6-7H,1,4-5,8-14,19H2. The smallest absolute Gasteiger partial charge is 0.227 e. The zero-order chi connectivity index (χ0) is 14.7. The highest BCUT2D eigenvalue weighted by atomic mass is 16.2. The molecule has 2 N–H and O–H groups in total. The molecular formula is C18H26N2O. The van der Waals surface area contributed by atoms with Gasteiger partial charge in [0.2, 0.25) is 5.91 Å². The maximum Gasteiger partial charge on any atom is 0.227 e. The Hall–Kier alpha value is -1.51. The molecule has 0 unspecified atom stereocenters. The number of benzene rings is 1. The molecule has 2 fully saturated rings. The summed E-state index contributed by atoms with van der Waals surface area (Å²) in [4.78, 5) is 14.5. The Labute approximate surface area is 127 Å². The van der Waals surface area contributed by atoms with E-state index in [1.54, 1.807) is 0 Å². The van der Waals surface area contributed by atoms with Crippen LogP contribution >= 0.6 is 0 Å². The van der Waals surface area contributed by atoms with Crippen molar-refractivity contribution in [3.63, 3.8) is 0 Å². The van der Waals surface area contributed by atoms with E-state index in [0.29, 0.717) is 11.8 Å². The van der Waals surface area contributed by atoms with Crippen LogP contribution in [0.25, 0.3) is 0 Å². The summed E-state index contributed by atoms with van der Waals surface area (Å²) in [5.74, 6) is 0.235. The lowest BCUT2D eigenvalue weighted by Crippen LogP contribution is -2.44. The van der Waals surface area contributed by atoms with E-state index in [9.17, 15) is 4.79 Å². The number of rotatable bonds is 2. The number of hydrogen-bond acceptors (Lipinski definition) is 2. The zero-order valence-electron chi connectivity index (χ0n) is 12.8.